The van der Waals surface area contributed by atoms with Gasteiger partial charge in [-0.05, 0) is 0 Å². The number of rotatable bonds is 2. The van der Waals surface area contributed by atoms with Crippen LogP contribution in [-0.2, 0) is 66.2 Å². The van der Waals surface area contributed by atoms with Crippen LogP contribution in [0.1, 0.15) is 0 Å². The first-order valence-corrected chi connectivity index (χ1v) is 6.29. The molecule has 0 fully saturated rings. The fraction of sp³-hybridized carbons (Fsp3) is 0. The van der Waals surface area contributed by atoms with Crippen molar-refractivity contribution in [3.05, 3.63) is 0 Å². The molecule has 0 saturated carbocycles. The topological polar surface area (TPSA) is 112 Å². The van der Waals surface area contributed by atoms with Crippen molar-refractivity contribution in [3.63, 3.8) is 0 Å². The van der Waals surface area contributed by atoms with Crippen molar-refractivity contribution in [1.29, 1.82) is 0 Å². The fourth-order valence-electron chi connectivity index (χ4n) is 0.0544. The average Bonchev–Trinajstić information content (AvgIpc) is 1.93. The Bertz CT molecular complexity index is 164. The summed E-state index contributed by atoms with van der Waals surface area (Å²) in [6, 6.07) is 0. The average molecular weight is 305 g/mol. The molecule has 0 aliphatic carbocycles. The van der Waals surface area contributed by atoms with Crippen LogP contribution in [-0.4, -0.2) is 0 Å². The van der Waals surface area contributed by atoms with Gasteiger partial charge in [-0.2, -0.15) is 4.31 Å². The third-order valence-electron chi connectivity index (χ3n) is 0.133. The Balaban J connectivity index is -0.000000138. The van der Waals surface area contributed by atoms with Crippen LogP contribution >= 0.6 is 15.8 Å². The fourth-order valence-corrected chi connectivity index (χ4v) is 0.490. The molecule has 0 rings (SSSR count). The van der Waals surface area contributed by atoms with Crippen molar-refractivity contribution in [1.82, 2.24) is 0 Å². The van der Waals surface area contributed by atoms with Crippen LogP contribution in [0, 0.1) is 0 Å². The van der Waals surface area contributed by atoms with E-state index >= 15 is 0 Å². The first kappa shape index (κ1) is 17.6. The third kappa shape index (κ3) is 37.0. The maximum atomic E-state index is 9.24. The van der Waals surface area contributed by atoms with E-state index in [2.05, 4.69) is 4.31 Å². The third-order valence-corrected chi connectivity index (χ3v) is 1.20. The minimum absolute atomic E-state index is 0.125. The molecular weight excluding hydrogens is 305 g/mol. The standard InChI is InChI=1S/O5P2.2O.2Zn/c1-6(2)5-7(3)4;;;;. The Morgan fingerprint density at radius 3 is 0.909 bits per heavy atom. The van der Waals surface area contributed by atoms with Crippen molar-refractivity contribution in [2.24, 2.45) is 0 Å². The first-order valence-electron chi connectivity index (χ1n) is 1.67. The second-order valence-electron chi connectivity index (χ2n) is 0.529. The summed E-state index contributed by atoms with van der Waals surface area (Å²) in [4.78, 5) is 0. The van der Waals surface area contributed by atoms with E-state index in [0.717, 1.165) is 0 Å². The molecule has 0 amide bonds. The summed E-state index contributed by atoms with van der Waals surface area (Å²) in [5, 5.41) is 0. The maximum absolute atomic E-state index is 9.24. The van der Waals surface area contributed by atoms with Gasteiger partial charge in [0, 0.05) is 0 Å². The van der Waals surface area contributed by atoms with Crippen LogP contribution in [0.5, 0.6) is 0 Å². The van der Waals surface area contributed by atoms with Crippen LogP contribution in [0.3, 0.4) is 0 Å². The molecule has 0 aliphatic rings. The van der Waals surface area contributed by atoms with E-state index in [1.807, 2.05) is 0 Å². The van der Waals surface area contributed by atoms with E-state index in [1.54, 1.807) is 0 Å². The molecule has 0 aromatic rings. The predicted molar refractivity (Wildman–Crippen MR) is 19.0 cm³/mol. The molecule has 0 unspecified atom stereocenters. The molecule has 0 saturated heterocycles. The summed E-state index contributed by atoms with van der Waals surface area (Å²) in [5.41, 5.74) is 0. The summed E-state index contributed by atoms with van der Waals surface area (Å²) in [6.07, 6.45) is 0. The van der Waals surface area contributed by atoms with E-state index in [4.69, 9.17) is 7.15 Å². The van der Waals surface area contributed by atoms with Gasteiger partial charge in [-0.15, -0.1) is 0 Å². The molecule has 0 heterocycles. The Morgan fingerprint density at radius 2 is 0.909 bits per heavy atom. The van der Waals surface area contributed by atoms with E-state index in [-0.39, 0.29) is 36.5 Å². The van der Waals surface area contributed by atoms with Gasteiger partial charge in [-0.3, -0.25) is 0 Å². The van der Waals surface area contributed by atoms with Gasteiger partial charge in [0.15, 0.2) is 0 Å². The van der Waals surface area contributed by atoms with Gasteiger partial charge >= 0.3 is 59.5 Å². The molecule has 0 atom stereocenters. The van der Waals surface area contributed by atoms with Crippen LogP contribution in [0.25, 0.3) is 0 Å². The van der Waals surface area contributed by atoms with E-state index < -0.39 is 15.8 Å². The number of hydrogen-bond donors (Lipinski definition) is 0. The Hall–Kier alpha value is 0.607. The van der Waals surface area contributed by atoms with Gasteiger partial charge < -0.3 is 0 Å². The molecule has 11 heteroatoms. The molecule has 0 aliphatic heterocycles. The molecule has 0 aromatic carbocycles. The van der Waals surface area contributed by atoms with Gasteiger partial charge in [0.1, 0.15) is 0 Å². The molecule has 56 valence electrons. The predicted octanol–water partition coefficient (Wildman–Crippen LogP) is 0.936. The summed E-state index contributed by atoms with van der Waals surface area (Å²) < 4.78 is 56.9. The zero-order chi connectivity index (χ0) is 9.86. The molecule has 11 heavy (non-hydrogen) atoms. The summed E-state index contributed by atoms with van der Waals surface area (Å²) in [5.74, 6) is 0. The monoisotopic (exact) mass is 302 g/mol. The van der Waals surface area contributed by atoms with Crippen molar-refractivity contribution in [2.75, 3.05) is 0 Å². The zero-order valence-corrected chi connectivity index (χ0v) is 12.9. The minimum atomic E-state index is -3.24. The Kier molecular flexibility index (Phi) is 27.1. The molecular formula is O7P2Zn2. The van der Waals surface area contributed by atoms with Crippen molar-refractivity contribution in [3.8, 4) is 0 Å². The zero-order valence-electron chi connectivity index (χ0n) is 5.17. The van der Waals surface area contributed by atoms with E-state index in [1.165, 1.54) is 0 Å². The normalized spacial score (nSPS) is 6.18. The summed E-state index contributed by atoms with van der Waals surface area (Å²) in [6.45, 7) is 0. The quantitative estimate of drug-likeness (QED) is 0.551. The van der Waals surface area contributed by atoms with Gasteiger partial charge in [0.25, 0.3) is 0 Å². The van der Waals surface area contributed by atoms with Crippen molar-refractivity contribution >= 4 is 15.8 Å². The van der Waals surface area contributed by atoms with Gasteiger partial charge in [0.05, 0.1) is 0 Å². The van der Waals surface area contributed by atoms with Crippen LogP contribution in [0.4, 0.5) is 0 Å². The van der Waals surface area contributed by atoms with Crippen LogP contribution in [0.15, 0.2) is 0 Å². The number of hydrogen-bond acceptors (Lipinski definition) is 7. The van der Waals surface area contributed by atoms with Gasteiger partial charge in [-0.25, -0.2) is 18.3 Å². The van der Waals surface area contributed by atoms with Crippen molar-refractivity contribution in [2.45, 2.75) is 0 Å². The summed E-state index contributed by atoms with van der Waals surface area (Å²) >= 11 is 0.250. The molecule has 0 spiro atoms. The molecule has 0 N–H and O–H groups in total. The SMILES string of the molecule is O=P(=O)OP(=O)=O.[O]=[Zn].[O]=[Zn]. The van der Waals surface area contributed by atoms with Crippen molar-refractivity contribution < 1.29 is 66.2 Å². The first-order chi connectivity index (χ1) is 5.13. The second-order valence-corrected chi connectivity index (χ2v) is 2.08. The Morgan fingerprint density at radius 1 is 0.727 bits per heavy atom. The van der Waals surface area contributed by atoms with Gasteiger partial charge in [0.2, 0.25) is 0 Å². The second kappa shape index (κ2) is 16.9. The van der Waals surface area contributed by atoms with E-state index in [0.29, 0.717) is 0 Å². The molecule has 0 bridgehead atoms. The summed E-state index contributed by atoms with van der Waals surface area (Å²) in [7, 11) is -6.47. The van der Waals surface area contributed by atoms with E-state index in [9.17, 15) is 18.3 Å². The molecule has 7 nitrogen and oxygen atoms in total. The molecule has 0 radical (unpaired) electrons. The Labute approximate surface area is 82.0 Å². The van der Waals surface area contributed by atoms with Crippen LogP contribution < -0.4 is 0 Å². The van der Waals surface area contributed by atoms with Crippen LogP contribution in [0.2, 0.25) is 0 Å². The van der Waals surface area contributed by atoms with Gasteiger partial charge in [-0.1, -0.05) is 0 Å². The molecule has 0 aromatic heterocycles.